The fraction of sp³-hybridized carbons (Fsp3) is 0.783. The van der Waals surface area contributed by atoms with Crippen molar-refractivity contribution in [3.63, 3.8) is 0 Å². The predicted octanol–water partition coefficient (Wildman–Crippen LogP) is 4.25. The number of amides is 1. The van der Waals surface area contributed by atoms with E-state index in [0.29, 0.717) is 6.04 Å². The number of carbonyl (C=O) groups excluding carboxylic acids is 2. The molecule has 0 spiro atoms. The third-order valence-corrected chi connectivity index (χ3v) is 5.79. The first-order valence-corrected chi connectivity index (χ1v) is 11.4. The maximum Gasteiger partial charge on any atom is 0.419 e. The Morgan fingerprint density at radius 2 is 1.42 bits per heavy atom. The van der Waals surface area contributed by atoms with Gasteiger partial charge < -0.3 is 19.3 Å². The molecule has 2 aliphatic heterocycles. The summed E-state index contributed by atoms with van der Waals surface area (Å²) in [6.07, 6.45) is 6.67. The molecule has 0 aromatic carbocycles. The first kappa shape index (κ1) is 23.6. The summed E-state index contributed by atoms with van der Waals surface area (Å²) in [6.45, 7) is 14.7. The Balaban J connectivity index is 1.50. The molecule has 1 amide bonds. The van der Waals surface area contributed by atoms with Gasteiger partial charge in [-0.1, -0.05) is 0 Å². The third kappa shape index (κ3) is 6.45. The van der Waals surface area contributed by atoms with Gasteiger partial charge in [0.05, 0.1) is 0 Å². The predicted molar refractivity (Wildman–Crippen MR) is 118 cm³/mol. The number of rotatable bonds is 2. The van der Waals surface area contributed by atoms with E-state index >= 15 is 0 Å². The summed E-state index contributed by atoms with van der Waals surface area (Å²) in [5.74, 6) is 1.05. The fourth-order valence-electron chi connectivity index (χ4n) is 4.35. The topological polar surface area (TPSA) is 76.9 Å². The molecule has 0 radical (unpaired) electrons. The molecule has 3 rings (SSSR count). The molecule has 2 aliphatic rings. The van der Waals surface area contributed by atoms with Crippen molar-refractivity contribution < 1.29 is 19.1 Å². The minimum Gasteiger partial charge on any atom is -0.444 e. The maximum absolute atomic E-state index is 12.5. The third-order valence-electron chi connectivity index (χ3n) is 5.79. The van der Waals surface area contributed by atoms with E-state index in [2.05, 4.69) is 9.88 Å². The van der Waals surface area contributed by atoms with Crippen LogP contribution in [0, 0.1) is 0 Å². The molecule has 8 heteroatoms. The lowest BCUT2D eigenvalue weighted by molar-refractivity contribution is 0.0125. The van der Waals surface area contributed by atoms with Gasteiger partial charge in [-0.2, -0.15) is 0 Å². The lowest BCUT2D eigenvalue weighted by Crippen LogP contribution is -2.49. The molecule has 2 saturated heterocycles. The van der Waals surface area contributed by atoms with Crippen molar-refractivity contribution in [2.24, 2.45) is 0 Å². The van der Waals surface area contributed by atoms with Crippen LogP contribution in [0.4, 0.5) is 9.59 Å². The number of nitrogens with zero attached hydrogens (tertiary/aromatic N) is 4. The highest BCUT2D eigenvalue weighted by Gasteiger charge is 2.33. The molecule has 8 nitrogen and oxygen atoms in total. The number of ether oxygens (including phenoxy) is 2. The fourth-order valence-corrected chi connectivity index (χ4v) is 4.35. The van der Waals surface area contributed by atoms with Crippen molar-refractivity contribution in [1.82, 2.24) is 19.4 Å². The SMILES string of the molecule is CC(C)(C)OC(=O)N1CCC(N2CCC(c3nccn3C(=O)OC(C)(C)C)CC2)CC1. The van der Waals surface area contributed by atoms with Crippen LogP contribution in [-0.2, 0) is 9.47 Å². The van der Waals surface area contributed by atoms with Crippen molar-refractivity contribution in [3.05, 3.63) is 18.2 Å². The second-order valence-electron chi connectivity index (χ2n) is 10.6. The van der Waals surface area contributed by atoms with Crippen LogP contribution in [0.15, 0.2) is 12.4 Å². The van der Waals surface area contributed by atoms with Crippen LogP contribution in [0.1, 0.15) is 79.0 Å². The lowest BCUT2D eigenvalue weighted by Gasteiger charge is -2.41. The monoisotopic (exact) mass is 434 g/mol. The summed E-state index contributed by atoms with van der Waals surface area (Å²) in [5, 5.41) is 0. The summed E-state index contributed by atoms with van der Waals surface area (Å²) in [4.78, 5) is 33.6. The highest BCUT2D eigenvalue weighted by Crippen LogP contribution is 2.30. The summed E-state index contributed by atoms with van der Waals surface area (Å²) in [6, 6.07) is 0.491. The van der Waals surface area contributed by atoms with Gasteiger partial charge in [0, 0.05) is 37.4 Å². The quantitative estimate of drug-likeness (QED) is 0.693. The summed E-state index contributed by atoms with van der Waals surface area (Å²) in [5.41, 5.74) is -0.989. The van der Waals surface area contributed by atoms with E-state index in [1.54, 1.807) is 17.0 Å². The highest BCUT2D eigenvalue weighted by atomic mass is 16.6. The molecule has 0 atom stereocenters. The zero-order chi connectivity index (χ0) is 22.8. The van der Waals surface area contributed by atoms with Crippen LogP contribution >= 0.6 is 0 Å². The maximum atomic E-state index is 12.5. The van der Waals surface area contributed by atoms with Crippen LogP contribution in [-0.4, -0.2) is 75.0 Å². The second kappa shape index (κ2) is 9.18. The Labute approximate surface area is 185 Å². The van der Waals surface area contributed by atoms with Gasteiger partial charge in [0.25, 0.3) is 0 Å². The first-order valence-electron chi connectivity index (χ1n) is 11.4. The van der Waals surface area contributed by atoms with Crippen molar-refractivity contribution >= 4 is 12.2 Å². The molecule has 174 valence electrons. The van der Waals surface area contributed by atoms with Crippen molar-refractivity contribution in [2.45, 2.75) is 90.4 Å². The lowest BCUT2D eigenvalue weighted by atomic mass is 9.93. The van der Waals surface area contributed by atoms with E-state index in [1.807, 2.05) is 46.4 Å². The molecule has 1 aromatic rings. The summed E-state index contributed by atoms with van der Waals surface area (Å²) < 4.78 is 12.6. The minimum absolute atomic E-state index is 0.210. The average molecular weight is 435 g/mol. The molecule has 2 fully saturated rings. The van der Waals surface area contributed by atoms with E-state index in [0.717, 1.165) is 57.7 Å². The number of piperidine rings is 2. The number of aromatic nitrogens is 2. The molecule has 3 heterocycles. The van der Waals surface area contributed by atoms with E-state index in [-0.39, 0.29) is 18.1 Å². The zero-order valence-corrected chi connectivity index (χ0v) is 19.9. The molecule has 0 N–H and O–H groups in total. The molecular weight excluding hydrogens is 396 g/mol. The molecule has 31 heavy (non-hydrogen) atoms. The number of hydrogen-bond donors (Lipinski definition) is 0. The Morgan fingerprint density at radius 1 is 0.871 bits per heavy atom. The highest BCUT2D eigenvalue weighted by molar-refractivity contribution is 5.71. The van der Waals surface area contributed by atoms with Gasteiger partial charge in [0.15, 0.2) is 0 Å². The Bertz CT molecular complexity index is 761. The van der Waals surface area contributed by atoms with Crippen molar-refractivity contribution in [1.29, 1.82) is 0 Å². The molecule has 0 aliphatic carbocycles. The minimum atomic E-state index is -0.532. The van der Waals surface area contributed by atoms with Crippen LogP contribution in [0.2, 0.25) is 0 Å². The van der Waals surface area contributed by atoms with Gasteiger partial charge in [-0.15, -0.1) is 0 Å². The molecule has 0 unspecified atom stereocenters. The van der Waals surface area contributed by atoms with Crippen molar-refractivity contribution in [2.75, 3.05) is 26.2 Å². The molecular formula is C23H38N4O4. The van der Waals surface area contributed by atoms with E-state index in [1.165, 1.54) is 0 Å². The van der Waals surface area contributed by atoms with Gasteiger partial charge in [-0.05, 0) is 80.3 Å². The smallest absolute Gasteiger partial charge is 0.419 e. The number of likely N-dealkylation sites (tertiary alicyclic amines) is 2. The number of imidazole rings is 1. The first-order chi connectivity index (χ1) is 14.4. The Hall–Kier alpha value is -2.09. The normalized spacial score (nSPS) is 20.0. The van der Waals surface area contributed by atoms with Gasteiger partial charge in [-0.3, -0.25) is 0 Å². The van der Waals surface area contributed by atoms with Crippen LogP contribution < -0.4 is 0 Å². The molecule has 0 bridgehead atoms. The largest absolute Gasteiger partial charge is 0.444 e. The summed E-state index contributed by atoms with van der Waals surface area (Å²) >= 11 is 0. The molecule has 0 saturated carbocycles. The zero-order valence-electron chi connectivity index (χ0n) is 19.9. The number of hydrogen-bond acceptors (Lipinski definition) is 6. The standard InChI is InChI=1S/C23H38N4O4/c1-22(2,3)30-20(28)26-14-9-18(10-15-26)25-12-7-17(8-13-25)19-24-11-16-27(19)21(29)31-23(4,5)6/h11,16-18H,7-10,12-15H2,1-6H3. The van der Waals surface area contributed by atoms with Gasteiger partial charge in [-0.25, -0.2) is 19.1 Å². The second-order valence-corrected chi connectivity index (χ2v) is 10.6. The number of carbonyl (C=O) groups is 2. The van der Waals surface area contributed by atoms with Crippen LogP contribution in [0.5, 0.6) is 0 Å². The Kier molecular flexibility index (Phi) is 6.98. The Morgan fingerprint density at radius 3 is 1.97 bits per heavy atom. The van der Waals surface area contributed by atoms with Crippen LogP contribution in [0.3, 0.4) is 0 Å². The van der Waals surface area contributed by atoms with E-state index in [4.69, 9.17) is 9.47 Å². The summed E-state index contributed by atoms with van der Waals surface area (Å²) in [7, 11) is 0. The van der Waals surface area contributed by atoms with Gasteiger partial charge in [0.1, 0.15) is 17.0 Å². The average Bonchev–Trinajstić information content (AvgIpc) is 3.16. The van der Waals surface area contributed by atoms with E-state index in [9.17, 15) is 9.59 Å². The van der Waals surface area contributed by atoms with Gasteiger partial charge >= 0.3 is 12.2 Å². The van der Waals surface area contributed by atoms with Crippen molar-refractivity contribution in [3.8, 4) is 0 Å². The van der Waals surface area contributed by atoms with Gasteiger partial charge in [0.2, 0.25) is 0 Å². The van der Waals surface area contributed by atoms with Crippen LogP contribution in [0.25, 0.3) is 0 Å². The molecule has 1 aromatic heterocycles. The van der Waals surface area contributed by atoms with E-state index < -0.39 is 11.2 Å².